The Morgan fingerprint density at radius 2 is 2.40 bits per heavy atom. The van der Waals surface area contributed by atoms with Crippen molar-refractivity contribution in [1.82, 2.24) is 5.32 Å². The molecule has 2 heterocycles. The third-order valence-corrected chi connectivity index (χ3v) is 4.17. The summed E-state index contributed by atoms with van der Waals surface area (Å²) in [6.07, 6.45) is 1.56. The number of carbonyl (C=O) groups excluding carboxylic acids is 1. The van der Waals surface area contributed by atoms with Crippen molar-refractivity contribution in [1.29, 1.82) is 0 Å². The van der Waals surface area contributed by atoms with Crippen molar-refractivity contribution < 1.29 is 14.3 Å². The Hall–Kier alpha value is -1.59. The summed E-state index contributed by atoms with van der Waals surface area (Å²) >= 11 is 0. The van der Waals surface area contributed by atoms with E-state index in [0.717, 1.165) is 18.5 Å². The third-order valence-electron chi connectivity index (χ3n) is 4.17. The second kappa shape index (κ2) is 5.42. The number of nitrogens with one attached hydrogen (secondary N) is 2. The Bertz CT molecular complexity index is 473. The summed E-state index contributed by atoms with van der Waals surface area (Å²) in [6.45, 7) is 1.73. The molecule has 20 heavy (non-hydrogen) atoms. The maximum atomic E-state index is 12.3. The van der Waals surface area contributed by atoms with Crippen molar-refractivity contribution >= 4 is 11.6 Å². The average Bonchev–Trinajstić information content (AvgIpc) is 3.12. The number of anilines is 1. The zero-order chi connectivity index (χ0) is 14.0. The van der Waals surface area contributed by atoms with Gasteiger partial charge >= 0.3 is 0 Å². The van der Waals surface area contributed by atoms with Crippen molar-refractivity contribution in [3.63, 3.8) is 0 Å². The minimum absolute atomic E-state index is 0.0181. The molecule has 1 saturated heterocycles. The quantitative estimate of drug-likeness (QED) is 0.859. The van der Waals surface area contributed by atoms with Gasteiger partial charge in [0.15, 0.2) is 0 Å². The van der Waals surface area contributed by atoms with Gasteiger partial charge in [0.2, 0.25) is 5.91 Å². The molecule has 1 aromatic carbocycles. The predicted octanol–water partition coefficient (Wildman–Crippen LogP) is 0.945. The summed E-state index contributed by atoms with van der Waals surface area (Å²) in [6, 6.07) is 7.84. The maximum Gasteiger partial charge on any atom is 0.242 e. The van der Waals surface area contributed by atoms with E-state index in [1.54, 1.807) is 7.11 Å². The van der Waals surface area contributed by atoms with Crippen LogP contribution in [0.4, 0.5) is 5.69 Å². The lowest BCUT2D eigenvalue weighted by atomic mass is 10.0. The highest BCUT2D eigenvalue weighted by Crippen LogP contribution is 2.25. The van der Waals surface area contributed by atoms with E-state index in [1.807, 2.05) is 18.2 Å². The first kappa shape index (κ1) is 13.4. The van der Waals surface area contributed by atoms with Crippen molar-refractivity contribution in [2.75, 3.05) is 32.2 Å². The number of amides is 1. The minimum Gasteiger partial charge on any atom is -0.378 e. The molecule has 0 bridgehead atoms. The number of hydrogen-bond donors (Lipinski definition) is 2. The molecule has 2 aliphatic rings. The van der Waals surface area contributed by atoms with Crippen LogP contribution in [0.1, 0.15) is 12.0 Å². The van der Waals surface area contributed by atoms with E-state index in [1.165, 1.54) is 5.56 Å². The lowest BCUT2D eigenvalue weighted by Gasteiger charge is -2.26. The third kappa shape index (κ3) is 2.51. The number of ether oxygens (including phenoxy) is 2. The van der Waals surface area contributed by atoms with Crippen LogP contribution in [0.25, 0.3) is 0 Å². The van der Waals surface area contributed by atoms with Crippen LogP contribution in [0.15, 0.2) is 24.3 Å². The molecule has 2 atom stereocenters. The van der Waals surface area contributed by atoms with E-state index in [2.05, 4.69) is 16.7 Å². The van der Waals surface area contributed by atoms with Crippen LogP contribution in [0, 0.1) is 0 Å². The molecule has 5 nitrogen and oxygen atoms in total. The number of benzene rings is 1. The molecule has 2 aliphatic heterocycles. The first-order valence-electron chi connectivity index (χ1n) is 6.97. The van der Waals surface area contributed by atoms with Crippen LogP contribution in [0.2, 0.25) is 0 Å². The van der Waals surface area contributed by atoms with Gasteiger partial charge in [-0.2, -0.15) is 0 Å². The van der Waals surface area contributed by atoms with E-state index < -0.39 is 0 Å². The molecule has 2 N–H and O–H groups in total. The zero-order valence-corrected chi connectivity index (χ0v) is 11.6. The molecule has 1 aromatic rings. The molecule has 5 heteroatoms. The first-order chi connectivity index (χ1) is 9.72. The monoisotopic (exact) mass is 276 g/mol. The van der Waals surface area contributed by atoms with Crippen LogP contribution < -0.4 is 10.6 Å². The van der Waals surface area contributed by atoms with Gasteiger partial charge in [-0.25, -0.2) is 0 Å². The van der Waals surface area contributed by atoms with Crippen molar-refractivity contribution in [3.05, 3.63) is 29.8 Å². The van der Waals surface area contributed by atoms with Gasteiger partial charge in [-0.05, 0) is 11.6 Å². The predicted molar refractivity (Wildman–Crippen MR) is 75.7 cm³/mol. The summed E-state index contributed by atoms with van der Waals surface area (Å²) in [7, 11) is 1.67. The molecule has 0 aromatic heterocycles. The Morgan fingerprint density at radius 1 is 1.55 bits per heavy atom. The fourth-order valence-corrected chi connectivity index (χ4v) is 2.79. The fourth-order valence-electron chi connectivity index (χ4n) is 2.79. The zero-order valence-electron chi connectivity index (χ0n) is 11.6. The standard InChI is InChI=1S/C15H20N2O3/c1-19-15(6-7-20-10-15)9-16-14(18)13-8-11-4-2-3-5-12(11)17-13/h2-5,13,17H,6-10H2,1H3,(H,16,18)/t13-,15?/m0/s1. The lowest BCUT2D eigenvalue weighted by Crippen LogP contribution is -2.48. The lowest BCUT2D eigenvalue weighted by molar-refractivity contribution is -0.123. The summed E-state index contributed by atoms with van der Waals surface area (Å²) < 4.78 is 10.9. The number of methoxy groups -OCH3 is 1. The molecule has 0 aliphatic carbocycles. The van der Waals surface area contributed by atoms with Gasteiger partial charge < -0.3 is 20.1 Å². The van der Waals surface area contributed by atoms with Gasteiger partial charge in [-0.1, -0.05) is 18.2 Å². The number of fused-ring (bicyclic) bond motifs is 1. The van der Waals surface area contributed by atoms with Gasteiger partial charge in [-0.15, -0.1) is 0 Å². The molecular formula is C15H20N2O3. The number of carbonyl (C=O) groups is 1. The van der Waals surface area contributed by atoms with Crippen molar-refractivity contribution in [3.8, 4) is 0 Å². The van der Waals surface area contributed by atoms with Crippen LogP contribution in [0.3, 0.4) is 0 Å². The van der Waals surface area contributed by atoms with Gasteiger partial charge in [0.1, 0.15) is 11.6 Å². The summed E-state index contributed by atoms with van der Waals surface area (Å²) in [5.41, 5.74) is 1.89. The SMILES string of the molecule is COC1(CNC(=O)[C@@H]2Cc3ccccc3N2)CCOC1. The molecule has 0 saturated carbocycles. The van der Waals surface area contributed by atoms with Gasteiger partial charge in [0.25, 0.3) is 0 Å². The molecule has 1 fully saturated rings. The maximum absolute atomic E-state index is 12.3. The average molecular weight is 276 g/mol. The van der Waals surface area contributed by atoms with E-state index in [9.17, 15) is 4.79 Å². The highest BCUT2D eigenvalue weighted by Gasteiger charge is 2.36. The Labute approximate surface area is 118 Å². The normalized spacial score (nSPS) is 27.9. The molecule has 0 radical (unpaired) electrons. The molecule has 1 amide bonds. The highest BCUT2D eigenvalue weighted by molar-refractivity contribution is 5.87. The second-order valence-corrected chi connectivity index (χ2v) is 5.47. The Morgan fingerprint density at radius 3 is 3.10 bits per heavy atom. The van der Waals surface area contributed by atoms with Gasteiger partial charge in [0.05, 0.1) is 6.61 Å². The summed E-state index contributed by atoms with van der Waals surface area (Å²) in [5.74, 6) is 0.0181. The molecule has 1 unspecified atom stereocenters. The highest BCUT2D eigenvalue weighted by atomic mass is 16.5. The molecule has 0 spiro atoms. The largest absolute Gasteiger partial charge is 0.378 e. The van der Waals surface area contributed by atoms with E-state index in [4.69, 9.17) is 9.47 Å². The summed E-state index contributed by atoms with van der Waals surface area (Å²) in [5, 5.41) is 6.24. The second-order valence-electron chi connectivity index (χ2n) is 5.47. The van der Waals surface area contributed by atoms with Crippen LogP contribution in [0.5, 0.6) is 0 Å². The smallest absolute Gasteiger partial charge is 0.242 e. The Balaban J connectivity index is 1.56. The molecule has 108 valence electrons. The molecule has 3 rings (SSSR count). The van der Waals surface area contributed by atoms with Crippen LogP contribution >= 0.6 is 0 Å². The Kier molecular flexibility index (Phi) is 3.63. The summed E-state index contributed by atoms with van der Waals surface area (Å²) in [4.78, 5) is 12.3. The van der Waals surface area contributed by atoms with Crippen molar-refractivity contribution in [2.45, 2.75) is 24.5 Å². The topological polar surface area (TPSA) is 59.6 Å². The van der Waals surface area contributed by atoms with Gasteiger partial charge in [0, 0.05) is 38.8 Å². The number of hydrogen-bond acceptors (Lipinski definition) is 4. The minimum atomic E-state index is -0.360. The van der Waals surface area contributed by atoms with Crippen molar-refractivity contribution in [2.24, 2.45) is 0 Å². The van der Waals surface area contributed by atoms with Gasteiger partial charge in [-0.3, -0.25) is 4.79 Å². The number of para-hydroxylation sites is 1. The fraction of sp³-hybridized carbons (Fsp3) is 0.533. The van der Waals surface area contributed by atoms with Crippen LogP contribution in [-0.2, 0) is 20.7 Å². The van der Waals surface area contributed by atoms with E-state index in [-0.39, 0.29) is 17.6 Å². The van der Waals surface area contributed by atoms with E-state index in [0.29, 0.717) is 19.8 Å². The van der Waals surface area contributed by atoms with E-state index >= 15 is 0 Å². The molecular weight excluding hydrogens is 256 g/mol. The van der Waals surface area contributed by atoms with Crippen LogP contribution in [-0.4, -0.2) is 44.4 Å². The number of rotatable bonds is 4. The first-order valence-corrected chi connectivity index (χ1v) is 6.97.